The lowest BCUT2D eigenvalue weighted by molar-refractivity contribution is -0.127. The highest BCUT2D eigenvalue weighted by Gasteiger charge is 2.19. The van der Waals surface area contributed by atoms with Crippen LogP contribution in [0.5, 0.6) is 0 Å². The van der Waals surface area contributed by atoms with Gasteiger partial charge in [0.05, 0.1) is 18.6 Å². The van der Waals surface area contributed by atoms with Crippen molar-refractivity contribution in [2.75, 3.05) is 19.1 Å². The van der Waals surface area contributed by atoms with Gasteiger partial charge in [0, 0.05) is 18.5 Å². The maximum atomic E-state index is 12.8. The first-order valence-electron chi connectivity index (χ1n) is 10.1. The Morgan fingerprint density at radius 3 is 2.47 bits per heavy atom. The predicted octanol–water partition coefficient (Wildman–Crippen LogP) is 5.06. The summed E-state index contributed by atoms with van der Waals surface area (Å²) < 4.78 is 7.54. The van der Waals surface area contributed by atoms with Crippen LogP contribution in [0.15, 0.2) is 87.5 Å². The Hall–Kier alpha value is -2.97. The zero-order chi connectivity index (χ0) is 22.3. The van der Waals surface area contributed by atoms with E-state index in [1.165, 1.54) is 16.7 Å². The molecular formula is C24H24N4O2S2. The highest BCUT2D eigenvalue weighted by Crippen LogP contribution is 2.26. The minimum atomic E-state index is 0.0396. The summed E-state index contributed by atoms with van der Waals surface area (Å²) in [5, 5.41) is 9.37. The van der Waals surface area contributed by atoms with E-state index in [1.807, 2.05) is 41.9 Å². The molecule has 32 heavy (non-hydrogen) atoms. The lowest BCUT2D eigenvalue weighted by Crippen LogP contribution is -2.27. The molecule has 0 spiro atoms. The van der Waals surface area contributed by atoms with Crippen LogP contribution >= 0.6 is 23.5 Å². The number of carbonyl (C=O) groups is 1. The first-order valence-corrected chi connectivity index (χ1v) is 12.4. The predicted molar refractivity (Wildman–Crippen MR) is 129 cm³/mol. The lowest BCUT2D eigenvalue weighted by Gasteiger charge is -2.17. The first kappa shape index (κ1) is 22.2. The first-order chi connectivity index (χ1) is 15.6. The highest BCUT2D eigenvalue weighted by atomic mass is 32.2. The molecule has 164 valence electrons. The third kappa shape index (κ3) is 5.44. The van der Waals surface area contributed by atoms with Crippen molar-refractivity contribution in [2.45, 2.75) is 23.1 Å². The van der Waals surface area contributed by atoms with Crippen LogP contribution in [0, 0.1) is 0 Å². The van der Waals surface area contributed by atoms with Gasteiger partial charge >= 0.3 is 0 Å². The molecular weight excluding hydrogens is 440 g/mol. The van der Waals surface area contributed by atoms with Gasteiger partial charge in [0.1, 0.15) is 0 Å². The van der Waals surface area contributed by atoms with Crippen LogP contribution in [-0.2, 0) is 17.9 Å². The summed E-state index contributed by atoms with van der Waals surface area (Å²) in [6, 6.07) is 22.1. The van der Waals surface area contributed by atoms with Crippen molar-refractivity contribution in [3.63, 3.8) is 0 Å². The Bertz CT molecular complexity index is 1140. The van der Waals surface area contributed by atoms with E-state index in [2.05, 4.69) is 52.9 Å². The molecule has 0 aliphatic carbocycles. The molecule has 0 aliphatic rings. The molecule has 1 amide bonds. The van der Waals surface area contributed by atoms with Gasteiger partial charge in [-0.15, -0.1) is 22.0 Å². The van der Waals surface area contributed by atoms with E-state index >= 15 is 0 Å². The Morgan fingerprint density at radius 2 is 1.78 bits per heavy atom. The van der Waals surface area contributed by atoms with E-state index in [0.717, 1.165) is 11.1 Å². The number of rotatable bonds is 9. The molecule has 2 aromatic heterocycles. The number of hydrogen-bond acceptors (Lipinski definition) is 6. The summed E-state index contributed by atoms with van der Waals surface area (Å²) in [5.74, 6) is 1.62. The number of hydrogen-bond donors (Lipinski definition) is 0. The average Bonchev–Trinajstić information content (AvgIpc) is 3.49. The minimum Gasteiger partial charge on any atom is -0.461 e. The van der Waals surface area contributed by atoms with Gasteiger partial charge in [-0.2, -0.15) is 0 Å². The molecule has 6 nitrogen and oxygen atoms in total. The van der Waals surface area contributed by atoms with Gasteiger partial charge < -0.3 is 9.32 Å². The average molecular weight is 465 g/mol. The van der Waals surface area contributed by atoms with Gasteiger partial charge in [-0.1, -0.05) is 54.2 Å². The molecule has 2 heterocycles. The summed E-state index contributed by atoms with van der Waals surface area (Å²) in [7, 11) is 1.83. The third-order valence-corrected chi connectivity index (χ3v) is 6.67. The summed E-state index contributed by atoms with van der Waals surface area (Å²) in [5.41, 5.74) is 2.23. The fourth-order valence-corrected chi connectivity index (χ4v) is 4.51. The van der Waals surface area contributed by atoms with Crippen LogP contribution < -0.4 is 0 Å². The summed E-state index contributed by atoms with van der Waals surface area (Å²) >= 11 is 3.10. The van der Waals surface area contributed by atoms with E-state index in [-0.39, 0.29) is 11.7 Å². The minimum absolute atomic E-state index is 0.0396. The van der Waals surface area contributed by atoms with Crippen LogP contribution in [0.1, 0.15) is 11.1 Å². The number of aromatic nitrogens is 3. The quantitative estimate of drug-likeness (QED) is 0.323. The Kier molecular flexibility index (Phi) is 7.34. The molecule has 0 atom stereocenters. The molecule has 0 saturated carbocycles. The molecule has 0 unspecified atom stereocenters. The standard InChI is InChI=1S/C24H24N4O2S2/c1-27(15-19-10-12-20(31-2)13-11-19)22(29)17-32-24-26-25-23(21-9-6-14-30-21)28(24)16-18-7-4-3-5-8-18/h3-14H,15-17H2,1-2H3. The van der Waals surface area contributed by atoms with Crippen molar-refractivity contribution in [3.05, 3.63) is 84.1 Å². The molecule has 0 N–H and O–H groups in total. The van der Waals surface area contributed by atoms with Crippen LogP contribution in [0.4, 0.5) is 0 Å². The van der Waals surface area contributed by atoms with E-state index in [1.54, 1.807) is 22.9 Å². The second kappa shape index (κ2) is 10.6. The summed E-state index contributed by atoms with van der Waals surface area (Å²) in [6.45, 7) is 1.17. The van der Waals surface area contributed by atoms with Gasteiger partial charge in [-0.3, -0.25) is 9.36 Å². The largest absolute Gasteiger partial charge is 0.461 e. The number of furan rings is 1. The van der Waals surface area contributed by atoms with Crippen molar-refractivity contribution in [1.29, 1.82) is 0 Å². The van der Waals surface area contributed by atoms with Gasteiger partial charge in [-0.25, -0.2) is 0 Å². The maximum absolute atomic E-state index is 12.8. The number of benzene rings is 2. The van der Waals surface area contributed by atoms with Crippen molar-refractivity contribution >= 4 is 29.4 Å². The molecule has 0 radical (unpaired) electrons. The second-order valence-corrected chi connectivity index (χ2v) is 9.06. The molecule has 0 fully saturated rings. The monoisotopic (exact) mass is 464 g/mol. The van der Waals surface area contributed by atoms with Crippen LogP contribution in [0.3, 0.4) is 0 Å². The topological polar surface area (TPSA) is 64.2 Å². The molecule has 4 rings (SSSR count). The van der Waals surface area contributed by atoms with Crippen LogP contribution in [-0.4, -0.2) is 44.6 Å². The summed E-state index contributed by atoms with van der Waals surface area (Å²) in [4.78, 5) is 15.7. The molecule has 0 saturated heterocycles. The van der Waals surface area contributed by atoms with Crippen LogP contribution in [0.2, 0.25) is 0 Å². The number of amides is 1. The normalized spacial score (nSPS) is 10.9. The molecule has 0 aliphatic heterocycles. The molecule has 2 aromatic carbocycles. The van der Waals surface area contributed by atoms with Crippen molar-refractivity contribution in [2.24, 2.45) is 0 Å². The Labute approximate surface area is 196 Å². The Balaban J connectivity index is 1.45. The van der Waals surface area contributed by atoms with Crippen molar-refractivity contribution in [3.8, 4) is 11.6 Å². The van der Waals surface area contributed by atoms with Gasteiger partial charge in [0.2, 0.25) is 11.7 Å². The van der Waals surface area contributed by atoms with E-state index in [4.69, 9.17) is 4.42 Å². The highest BCUT2D eigenvalue weighted by molar-refractivity contribution is 7.99. The smallest absolute Gasteiger partial charge is 0.233 e. The van der Waals surface area contributed by atoms with E-state index < -0.39 is 0 Å². The van der Waals surface area contributed by atoms with Crippen molar-refractivity contribution < 1.29 is 9.21 Å². The van der Waals surface area contributed by atoms with Gasteiger partial charge in [0.25, 0.3) is 0 Å². The molecule has 8 heteroatoms. The molecule has 4 aromatic rings. The third-order valence-electron chi connectivity index (χ3n) is 4.97. The van der Waals surface area contributed by atoms with E-state index in [9.17, 15) is 4.79 Å². The van der Waals surface area contributed by atoms with E-state index in [0.29, 0.717) is 29.8 Å². The second-order valence-electron chi connectivity index (χ2n) is 7.24. The fraction of sp³-hybridized carbons (Fsp3) is 0.208. The van der Waals surface area contributed by atoms with Gasteiger partial charge in [-0.05, 0) is 41.6 Å². The van der Waals surface area contributed by atoms with Crippen LogP contribution in [0.25, 0.3) is 11.6 Å². The zero-order valence-corrected chi connectivity index (χ0v) is 19.6. The van der Waals surface area contributed by atoms with Gasteiger partial charge in [0.15, 0.2) is 10.9 Å². The number of carbonyl (C=O) groups excluding carboxylic acids is 1. The number of nitrogens with zero attached hydrogens (tertiary/aromatic N) is 4. The molecule has 0 bridgehead atoms. The summed E-state index contributed by atoms with van der Waals surface area (Å²) in [6.07, 6.45) is 3.67. The van der Waals surface area contributed by atoms with Crippen molar-refractivity contribution in [1.82, 2.24) is 19.7 Å². The fourth-order valence-electron chi connectivity index (χ4n) is 3.22. The SMILES string of the molecule is CSc1ccc(CN(C)C(=O)CSc2nnc(-c3ccco3)n2Cc2ccccc2)cc1. The Morgan fingerprint density at radius 1 is 1.00 bits per heavy atom. The zero-order valence-electron chi connectivity index (χ0n) is 18.0. The number of thioether (sulfide) groups is 2. The lowest BCUT2D eigenvalue weighted by atomic mass is 10.2. The maximum Gasteiger partial charge on any atom is 0.233 e.